The molecule has 0 unspecified atom stereocenters. The van der Waals surface area contributed by atoms with Crippen molar-refractivity contribution in [3.8, 4) is 0 Å². The Balaban J connectivity index is 0.000000303. The molecule has 1 saturated heterocycles. The number of cyclic esters (lactones) is 2. The number of esters is 2. The molecule has 1 aliphatic rings. The van der Waals surface area contributed by atoms with Crippen LogP contribution in [0.15, 0.2) is 36.4 Å². The number of aliphatic carboxylic acids is 1. The third-order valence-electron chi connectivity index (χ3n) is 4.52. The van der Waals surface area contributed by atoms with Crippen LogP contribution in [0.4, 0.5) is 11.4 Å². The Morgan fingerprint density at radius 3 is 1.78 bits per heavy atom. The molecule has 0 radical (unpaired) electrons. The molecule has 2 aromatic rings. The third-order valence-corrected chi connectivity index (χ3v) is 4.52. The average Bonchev–Trinajstić information content (AvgIpc) is 3.18. The molecule has 192 valence electrons. The number of benzene rings is 2. The number of hydrogen-bond donors (Lipinski definition) is 5. The van der Waals surface area contributed by atoms with Gasteiger partial charge in [-0.15, -0.1) is 0 Å². The van der Waals surface area contributed by atoms with Gasteiger partial charge in [0.25, 0.3) is 11.8 Å². The molecule has 2 aromatic carbocycles. The first-order valence-corrected chi connectivity index (χ1v) is 10.6. The van der Waals surface area contributed by atoms with E-state index in [0.717, 1.165) is 11.1 Å². The fourth-order valence-electron chi connectivity index (χ4n) is 2.72. The van der Waals surface area contributed by atoms with E-state index < -0.39 is 35.6 Å². The van der Waals surface area contributed by atoms with Crippen LogP contribution in [0.1, 0.15) is 57.5 Å². The van der Waals surface area contributed by atoms with Crippen LogP contribution < -0.4 is 22.5 Å². The number of carbonyl (C=O) groups excluding carboxylic acids is 5. The topological polar surface area (TPSA) is 222 Å². The first-order chi connectivity index (χ1) is 16.8. The number of primary amides is 2. The van der Waals surface area contributed by atoms with Crippen LogP contribution in [-0.2, 0) is 23.9 Å². The van der Waals surface area contributed by atoms with Gasteiger partial charge in [-0.05, 0) is 38.1 Å². The highest BCUT2D eigenvalue weighted by atomic mass is 16.6. The predicted molar refractivity (Wildman–Crippen MR) is 130 cm³/mol. The molecule has 0 aliphatic carbocycles. The van der Waals surface area contributed by atoms with Crippen molar-refractivity contribution in [2.75, 3.05) is 11.1 Å². The summed E-state index contributed by atoms with van der Waals surface area (Å²) in [6, 6.07) is 10.0. The number of nitrogen functional groups attached to an aromatic ring is 1. The van der Waals surface area contributed by atoms with E-state index in [1.807, 2.05) is 13.0 Å². The summed E-state index contributed by atoms with van der Waals surface area (Å²) >= 11 is 0. The van der Waals surface area contributed by atoms with Gasteiger partial charge < -0.3 is 32.4 Å². The Kier molecular flexibility index (Phi) is 11.3. The summed E-state index contributed by atoms with van der Waals surface area (Å²) in [6.45, 7) is 3.67. The van der Waals surface area contributed by atoms with Gasteiger partial charge in [0.2, 0.25) is 5.91 Å². The number of nitrogens with one attached hydrogen (secondary N) is 1. The zero-order valence-corrected chi connectivity index (χ0v) is 19.8. The minimum absolute atomic E-state index is 0.151. The second-order valence-electron chi connectivity index (χ2n) is 7.66. The van der Waals surface area contributed by atoms with E-state index in [2.05, 4.69) is 10.1 Å². The van der Waals surface area contributed by atoms with Crippen molar-refractivity contribution in [2.24, 2.45) is 11.5 Å². The zero-order valence-electron chi connectivity index (χ0n) is 19.8. The average molecular weight is 501 g/mol. The summed E-state index contributed by atoms with van der Waals surface area (Å²) < 4.78 is 4.08. The lowest BCUT2D eigenvalue weighted by molar-refractivity contribution is -0.152. The smallest absolute Gasteiger partial charge is 0.314 e. The molecule has 0 aromatic heterocycles. The van der Waals surface area contributed by atoms with E-state index in [-0.39, 0.29) is 31.2 Å². The number of amides is 3. The van der Waals surface area contributed by atoms with Gasteiger partial charge in [0, 0.05) is 12.1 Å². The lowest BCUT2D eigenvalue weighted by Gasteiger charge is -2.09. The molecule has 12 heteroatoms. The fourth-order valence-corrected chi connectivity index (χ4v) is 2.72. The number of anilines is 2. The molecule has 36 heavy (non-hydrogen) atoms. The van der Waals surface area contributed by atoms with Crippen molar-refractivity contribution in [1.29, 1.82) is 0 Å². The maximum Gasteiger partial charge on any atom is 0.314 e. The van der Waals surface area contributed by atoms with Crippen molar-refractivity contribution in [3.63, 3.8) is 0 Å². The lowest BCUT2D eigenvalue weighted by Crippen LogP contribution is -2.18. The Labute approximate surface area is 206 Å². The van der Waals surface area contributed by atoms with Crippen LogP contribution >= 0.6 is 0 Å². The van der Waals surface area contributed by atoms with E-state index in [4.69, 9.17) is 22.3 Å². The van der Waals surface area contributed by atoms with E-state index in [9.17, 15) is 28.8 Å². The highest BCUT2D eigenvalue weighted by molar-refractivity contribution is 6.03. The zero-order chi connectivity index (χ0) is 27.4. The molecule has 0 bridgehead atoms. The van der Waals surface area contributed by atoms with Crippen molar-refractivity contribution in [1.82, 2.24) is 0 Å². The van der Waals surface area contributed by atoms with E-state index in [0.29, 0.717) is 16.9 Å². The molecule has 3 rings (SSSR count). The number of carboxylic acid groups (broad SMARTS) is 1. The van der Waals surface area contributed by atoms with Crippen LogP contribution in [-0.4, -0.2) is 40.7 Å². The molecule has 0 spiro atoms. The summed E-state index contributed by atoms with van der Waals surface area (Å²) in [5, 5.41) is 10.9. The molecule has 8 N–H and O–H groups in total. The van der Waals surface area contributed by atoms with Gasteiger partial charge in [-0.2, -0.15) is 0 Å². The third kappa shape index (κ3) is 10.5. The van der Waals surface area contributed by atoms with Crippen LogP contribution in [0.2, 0.25) is 0 Å². The second-order valence-corrected chi connectivity index (χ2v) is 7.66. The Morgan fingerprint density at radius 2 is 1.36 bits per heavy atom. The maximum absolute atomic E-state index is 11.5. The quantitative estimate of drug-likeness (QED) is 0.219. The Bertz CT molecular complexity index is 1160. The van der Waals surface area contributed by atoms with E-state index >= 15 is 0 Å². The van der Waals surface area contributed by atoms with Gasteiger partial charge in [0.05, 0.1) is 36.1 Å². The first kappa shape index (κ1) is 29.3. The van der Waals surface area contributed by atoms with Gasteiger partial charge in [-0.25, -0.2) is 0 Å². The number of carbonyl (C=O) groups is 6. The second kappa shape index (κ2) is 13.8. The number of hydrogen-bond acceptors (Lipinski definition) is 8. The molecular formula is C24H28N4O8. The maximum atomic E-state index is 11.5. The lowest BCUT2D eigenvalue weighted by atomic mass is 10.1. The number of carboxylic acids is 1. The summed E-state index contributed by atoms with van der Waals surface area (Å²) in [6.07, 6.45) is 0.114. The highest BCUT2D eigenvalue weighted by Gasteiger charge is 2.19. The summed E-state index contributed by atoms with van der Waals surface area (Å²) in [5.41, 5.74) is 18.9. The van der Waals surface area contributed by atoms with E-state index in [1.54, 1.807) is 37.3 Å². The number of ether oxygens (including phenoxy) is 1. The van der Waals surface area contributed by atoms with Gasteiger partial charge in [-0.1, -0.05) is 23.3 Å². The number of nitrogens with two attached hydrogens (primary N) is 3. The normalized spacial score (nSPS) is 11.7. The van der Waals surface area contributed by atoms with Crippen molar-refractivity contribution < 1.29 is 38.6 Å². The molecule has 0 saturated carbocycles. The monoisotopic (exact) mass is 500 g/mol. The van der Waals surface area contributed by atoms with E-state index in [1.165, 1.54) is 0 Å². The van der Waals surface area contributed by atoms with Crippen molar-refractivity contribution in [2.45, 2.75) is 39.5 Å². The molecular weight excluding hydrogens is 472 g/mol. The number of aryl methyl sites for hydroxylation is 2. The number of rotatable bonds is 6. The summed E-state index contributed by atoms with van der Waals surface area (Å²) in [5.74, 6) is -3.44. The summed E-state index contributed by atoms with van der Waals surface area (Å²) in [4.78, 5) is 63.7. The highest BCUT2D eigenvalue weighted by Crippen LogP contribution is 2.17. The standard InChI is InChI=1S/C12H14N2O4.C8H10N2O.C4H4O3/c1-7-2-3-9(8(6-7)12(13)18)14-10(15)4-5-11(16)17;1-5-2-3-7(9)6(4-5)8(10)11;5-3-1-2-4(6)7-3/h2-3,6H,4-5H2,1H3,(H2,13,18)(H,14,15)(H,16,17);2-4H,9H2,1H3,(H2,10,11);1-2H2. The minimum Gasteiger partial charge on any atom is -0.481 e. The largest absolute Gasteiger partial charge is 0.481 e. The Morgan fingerprint density at radius 1 is 0.861 bits per heavy atom. The molecule has 1 fully saturated rings. The van der Waals surface area contributed by atoms with Crippen molar-refractivity contribution >= 4 is 47.0 Å². The molecule has 0 atom stereocenters. The van der Waals surface area contributed by atoms with Crippen LogP contribution in [0, 0.1) is 13.8 Å². The first-order valence-electron chi connectivity index (χ1n) is 10.6. The fraction of sp³-hybridized carbons (Fsp3) is 0.250. The van der Waals surface area contributed by atoms with Crippen LogP contribution in [0.25, 0.3) is 0 Å². The summed E-state index contributed by atoms with van der Waals surface area (Å²) in [7, 11) is 0. The van der Waals surface area contributed by atoms with Gasteiger partial charge in [-0.3, -0.25) is 28.8 Å². The van der Waals surface area contributed by atoms with Gasteiger partial charge >= 0.3 is 17.9 Å². The SMILES string of the molecule is Cc1ccc(N)c(C(N)=O)c1.Cc1ccc(NC(=O)CCC(=O)O)c(C(N)=O)c1.O=C1CCC(=O)O1. The van der Waals surface area contributed by atoms with Crippen molar-refractivity contribution in [3.05, 3.63) is 58.7 Å². The molecule has 3 amide bonds. The van der Waals surface area contributed by atoms with Gasteiger partial charge in [0.15, 0.2) is 0 Å². The van der Waals surface area contributed by atoms with Crippen LogP contribution in [0.5, 0.6) is 0 Å². The Hall–Kier alpha value is -4.74. The molecule has 1 heterocycles. The minimum atomic E-state index is -1.05. The van der Waals surface area contributed by atoms with Crippen LogP contribution in [0.3, 0.4) is 0 Å². The predicted octanol–water partition coefficient (Wildman–Crippen LogP) is 1.42. The molecule has 1 aliphatic heterocycles. The molecule has 12 nitrogen and oxygen atoms in total. The van der Waals surface area contributed by atoms with Gasteiger partial charge in [0.1, 0.15) is 0 Å².